The molecule has 0 aliphatic carbocycles. The standard InChI is InChI=1S/C22H22N2O4S/c1-24(29(26,27)19-12-6-3-7-13-19)21-15-9-8-14-20(21)22(25)23-16-17-28-18-10-4-2-5-11-18/h2-15H,16-17H2,1H3,(H,23,25). The quantitative estimate of drug-likeness (QED) is 0.578. The number of amides is 1. The lowest BCUT2D eigenvalue weighted by atomic mass is 10.1. The number of anilines is 1. The Morgan fingerprint density at radius 1 is 0.897 bits per heavy atom. The van der Waals surface area contributed by atoms with E-state index in [2.05, 4.69) is 5.32 Å². The van der Waals surface area contributed by atoms with E-state index in [1.165, 1.54) is 19.2 Å². The Labute approximate surface area is 170 Å². The Morgan fingerprint density at radius 3 is 2.17 bits per heavy atom. The number of para-hydroxylation sites is 2. The number of carbonyl (C=O) groups is 1. The maximum absolute atomic E-state index is 12.9. The highest BCUT2D eigenvalue weighted by Crippen LogP contribution is 2.25. The first-order valence-electron chi connectivity index (χ1n) is 9.09. The summed E-state index contributed by atoms with van der Waals surface area (Å²) in [6.07, 6.45) is 0. The molecule has 7 heteroatoms. The van der Waals surface area contributed by atoms with Gasteiger partial charge in [0, 0.05) is 7.05 Å². The zero-order valence-electron chi connectivity index (χ0n) is 16.0. The lowest BCUT2D eigenvalue weighted by molar-refractivity contribution is 0.0947. The van der Waals surface area contributed by atoms with Crippen molar-refractivity contribution in [2.75, 3.05) is 24.5 Å². The summed E-state index contributed by atoms with van der Waals surface area (Å²) in [6.45, 7) is 0.591. The van der Waals surface area contributed by atoms with Gasteiger partial charge in [-0.2, -0.15) is 0 Å². The van der Waals surface area contributed by atoms with Gasteiger partial charge in [0.05, 0.1) is 22.7 Å². The molecule has 0 spiro atoms. The first-order valence-corrected chi connectivity index (χ1v) is 10.5. The van der Waals surface area contributed by atoms with Crippen LogP contribution in [-0.2, 0) is 10.0 Å². The fourth-order valence-corrected chi connectivity index (χ4v) is 4.00. The number of carbonyl (C=O) groups excluding carboxylic acids is 1. The van der Waals surface area contributed by atoms with Crippen molar-refractivity contribution < 1.29 is 17.9 Å². The van der Waals surface area contributed by atoms with Crippen LogP contribution in [0.4, 0.5) is 5.69 Å². The molecule has 3 rings (SSSR count). The summed E-state index contributed by atoms with van der Waals surface area (Å²) in [5, 5.41) is 2.77. The van der Waals surface area contributed by atoms with E-state index in [1.54, 1.807) is 42.5 Å². The summed E-state index contributed by atoms with van der Waals surface area (Å²) < 4.78 is 32.5. The number of sulfonamides is 1. The van der Waals surface area contributed by atoms with Crippen LogP contribution >= 0.6 is 0 Å². The summed E-state index contributed by atoms with van der Waals surface area (Å²) in [7, 11) is -2.34. The second-order valence-corrected chi connectivity index (χ2v) is 8.19. The van der Waals surface area contributed by atoms with Gasteiger partial charge in [0.2, 0.25) is 0 Å². The third-order valence-electron chi connectivity index (χ3n) is 4.29. The molecule has 0 saturated carbocycles. The second-order valence-electron chi connectivity index (χ2n) is 6.22. The Kier molecular flexibility index (Phi) is 6.51. The number of benzene rings is 3. The molecule has 0 aliphatic rings. The number of nitrogens with one attached hydrogen (secondary N) is 1. The van der Waals surface area contributed by atoms with Crippen molar-refractivity contribution >= 4 is 21.6 Å². The molecule has 0 atom stereocenters. The molecule has 0 radical (unpaired) electrons. The first-order chi connectivity index (χ1) is 14.0. The molecule has 0 aliphatic heterocycles. The number of rotatable bonds is 8. The van der Waals surface area contributed by atoms with Crippen LogP contribution in [0.3, 0.4) is 0 Å². The summed E-state index contributed by atoms with van der Waals surface area (Å²) in [4.78, 5) is 12.8. The smallest absolute Gasteiger partial charge is 0.264 e. The first kappa shape index (κ1) is 20.4. The molecule has 3 aromatic carbocycles. The average Bonchev–Trinajstić information content (AvgIpc) is 2.77. The highest BCUT2D eigenvalue weighted by Gasteiger charge is 2.24. The summed E-state index contributed by atoms with van der Waals surface area (Å²) in [5.41, 5.74) is 0.576. The van der Waals surface area contributed by atoms with Gasteiger partial charge in [0.25, 0.3) is 15.9 Å². The van der Waals surface area contributed by atoms with Crippen molar-refractivity contribution in [2.24, 2.45) is 0 Å². The van der Waals surface area contributed by atoms with Crippen molar-refractivity contribution in [3.63, 3.8) is 0 Å². The normalized spacial score (nSPS) is 10.9. The zero-order chi connectivity index (χ0) is 20.7. The molecule has 0 fully saturated rings. The molecule has 1 N–H and O–H groups in total. The lowest BCUT2D eigenvalue weighted by Crippen LogP contribution is -2.32. The van der Waals surface area contributed by atoms with E-state index in [0.29, 0.717) is 12.3 Å². The minimum atomic E-state index is -3.78. The van der Waals surface area contributed by atoms with Crippen LogP contribution in [0.15, 0.2) is 89.8 Å². The molecular formula is C22H22N2O4S. The van der Waals surface area contributed by atoms with E-state index >= 15 is 0 Å². The molecule has 3 aromatic rings. The summed E-state index contributed by atoms with van der Waals surface area (Å²) >= 11 is 0. The molecule has 0 saturated heterocycles. The summed E-state index contributed by atoms with van der Waals surface area (Å²) in [6, 6.07) is 24.0. The number of hydrogen-bond donors (Lipinski definition) is 1. The fraction of sp³-hybridized carbons (Fsp3) is 0.136. The molecule has 0 bridgehead atoms. The topological polar surface area (TPSA) is 75.7 Å². The van der Waals surface area contributed by atoms with Crippen LogP contribution in [0.5, 0.6) is 5.75 Å². The van der Waals surface area contributed by atoms with Crippen molar-refractivity contribution in [3.05, 3.63) is 90.5 Å². The molecule has 29 heavy (non-hydrogen) atoms. The largest absolute Gasteiger partial charge is 0.492 e. The van der Waals surface area contributed by atoms with Crippen LogP contribution in [0, 0.1) is 0 Å². The lowest BCUT2D eigenvalue weighted by Gasteiger charge is -2.22. The molecule has 0 aromatic heterocycles. The maximum Gasteiger partial charge on any atom is 0.264 e. The zero-order valence-corrected chi connectivity index (χ0v) is 16.8. The van der Waals surface area contributed by atoms with Gasteiger partial charge in [-0.15, -0.1) is 0 Å². The van der Waals surface area contributed by atoms with Gasteiger partial charge in [-0.05, 0) is 36.4 Å². The second kappa shape index (κ2) is 9.25. The van der Waals surface area contributed by atoms with Gasteiger partial charge in [-0.3, -0.25) is 9.10 Å². The maximum atomic E-state index is 12.9. The van der Waals surface area contributed by atoms with Crippen LogP contribution in [0.2, 0.25) is 0 Å². The predicted octanol–water partition coefficient (Wildman–Crippen LogP) is 3.32. The van der Waals surface area contributed by atoms with Crippen LogP contribution in [0.1, 0.15) is 10.4 Å². The predicted molar refractivity (Wildman–Crippen MR) is 113 cm³/mol. The van der Waals surface area contributed by atoms with Crippen LogP contribution < -0.4 is 14.4 Å². The van der Waals surface area contributed by atoms with Gasteiger partial charge in [0.15, 0.2) is 0 Å². The molecule has 0 unspecified atom stereocenters. The van der Waals surface area contributed by atoms with Crippen molar-refractivity contribution in [1.29, 1.82) is 0 Å². The van der Waals surface area contributed by atoms with E-state index in [1.807, 2.05) is 30.3 Å². The minimum absolute atomic E-state index is 0.161. The molecular weight excluding hydrogens is 388 g/mol. The Hall–Kier alpha value is -3.32. The SMILES string of the molecule is CN(c1ccccc1C(=O)NCCOc1ccccc1)S(=O)(=O)c1ccccc1. The van der Waals surface area contributed by atoms with Crippen LogP contribution in [0.25, 0.3) is 0 Å². The van der Waals surface area contributed by atoms with Gasteiger partial charge < -0.3 is 10.1 Å². The van der Waals surface area contributed by atoms with Gasteiger partial charge >= 0.3 is 0 Å². The van der Waals surface area contributed by atoms with Gasteiger partial charge in [0.1, 0.15) is 12.4 Å². The van der Waals surface area contributed by atoms with Crippen molar-refractivity contribution in [3.8, 4) is 5.75 Å². The summed E-state index contributed by atoms with van der Waals surface area (Å²) in [5.74, 6) is 0.350. The average molecular weight is 410 g/mol. The molecule has 6 nitrogen and oxygen atoms in total. The molecule has 1 amide bonds. The third-order valence-corrected chi connectivity index (χ3v) is 6.07. The molecule has 0 heterocycles. The van der Waals surface area contributed by atoms with E-state index in [-0.39, 0.29) is 22.9 Å². The third kappa shape index (κ3) is 4.94. The Morgan fingerprint density at radius 2 is 1.48 bits per heavy atom. The van der Waals surface area contributed by atoms with Gasteiger partial charge in [-0.25, -0.2) is 8.42 Å². The highest BCUT2D eigenvalue weighted by molar-refractivity contribution is 7.92. The minimum Gasteiger partial charge on any atom is -0.492 e. The van der Waals surface area contributed by atoms with E-state index < -0.39 is 10.0 Å². The van der Waals surface area contributed by atoms with Crippen molar-refractivity contribution in [1.82, 2.24) is 5.32 Å². The van der Waals surface area contributed by atoms with Crippen LogP contribution in [-0.4, -0.2) is 34.5 Å². The van der Waals surface area contributed by atoms with E-state index in [4.69, 9.17) is 4.74 Å². The van der Waals surface area contributed by atoms with Gasteiger partial charge in [-0.1, -0.05) is 48.5 Å². The van der Waals surface area contributed by atoms with Crippen molar-refractivity contribution in [2.45, 2.75) is 4.90 Å². The van der Waals surface area contributed by atoms with E-state index in [0.717, 1.165) is 10.1 Å². The highest BCUT2D eigenvalue weighted by atomic mass is 32.2. The number of hydrogen-bond acceptors (Lipinski definition) is 4. The number of ether oxygens (including phenoxy) is 1. The van der Waals surface area contributed by atoms with E-state index in [9.17, 15) is 13.2 Å². The fourth-order valence-electron chi connectivity index (χ4n) is 2.77. The Balaban J connectivity index is 1.70. The molecule has 150 valence electrons. The monoisotopic (exact) mass is 410 g/mol. The Bertz CT molecular complexity index is 1050. The number of nitrogens with zero attached hydrogens (tertiary/aromatic N) is 1.